The highest BCUT2D eigenvalue weighted by atomic mass is 16.4. The molecule has 7 N–H and O–H groups in total. The van der Waals surface area contributed by atoms with Crippen molar-refractivity contribution in [3.8, 4) is 0 Å². The second kappa shape index (κ2) is 9.55. The lowest BCUT2D eigenvalue weighted by Crippen LogP contribution is -2.41. The first-order valence-electron chi connectivity index (χ1n) is 9.47. The zero-order valence-corrected chi connectivity index (χ0v) is 16.7. The van der Waals surface area contributed by atoms with Gasteiger partial charge in [-0.05, 0) is 42.3 Å². The summed E-state index contributed by atoms with van der Waals surface area (Å²) in [5.74, 6) is -3.12. The molecule has 0 radical (unpaired) electrons. The van der Waals surface area contributed by atoms with Crippen molar-refractivity contribution in [1.82, 2.24) is 20.3 Å². The molecule has 12 nitrogen and oxygen atoms in total. The third-order valence-electron chi connectivity index (χ3n) is 4.59. The van der Waals surface area contributed by atoms with Crippen LogP contribution in [0.3, 0.4) is 0 Å². The van der Waals surface area contributed by atoms with Gasteiger partial charge >= 0.3 is 11.9 Å². The normalized spacial score (nSPS) is 11.6. The summed E-state index contributed by atoms with van der Waals surface area (Å²) in [5.41, 5.74) is 6.87. The number of hydrogen-bond donors (Lipinski definition) is 6. The fraction of sp³-hybridized carbons (Fsp3) is 0.200. The fourth-order valence-electron chi connectivity index (χ4n) is 2.99. The number of aliphatic carboxylic acids is 2. The molecule has 12 heteroatoms. The van der Waals surface area contributed by atoms with Crippen LogP contribution in [0.25, 0.3) is 11.0 Å². The molecule has 0 unspecified atom stereocenters. The maximum atomic E-state index is 12.3. The predicted molar refractivity (Wildman–Crippen MR) is 114 cm³/mol. The molecule has 2 aromatic heterocycles. The number of carboxylic acids is 2. The van der Waals surface area contributed by atoms with Crippen molar-refractivity contribution >= 4 is 40.5 Å². The summed E-state index contributed by atoms with van der Waals surface area (Å²) in [7, 11) is 0. The molecule has 2 heterocycles. The monoisotopic (exact) mass is 440 g/mol. The molecule has 0 fully saturated rings. The lowest BCUT2D eigenvalue weighted by molar-refractivity contribution is -0.140. The Kier molecular flexibility index (Phi) is 6.63. The van der Waals surface area contributed by atoms with Gasteiger partial charge in [0.1, 0.15) is 6.04 Å². The number of aromatic nitrogens is 3. The molecule has 1 aromatic carbocycles. The number of nitrogens with one attached hydrogen (secondary N) is 3. The third-order valence-corrected chi connectivity index (χ3v) is 4.59. The summed E-state index contributed by atoms with van der Waals surface area (Å²) in [5, 5.41) is 23.6. The van der Waals surface area contributed by atoms with Crippen LogP contribution in [0.15, 0.2) is 41.3 Å². The van der Waals surface area contributed by atoms with Crippen molar-refractivity contribution in [2.45, 2.75) is 25.4 Å². The van der Waals surface area contributed by atoms with E-state index in [1.807, 2.05) is 0 Å². The number of carboxylic acid groups (broad SMARTS) is 2. The molecule has 0 aliphatic heterocycles. The van der Waals surface area contributed by atoms with E-state index in [9.17, 15) is 19.2 Å². The molecular formula is C20H20N6O6. The number of benzene rings is 1. The Bertz CT molecular complexity index is 1220. The molecule has 32 heavy (non-hydrogen) atoms. The van der Waals surface area contributed by atoms with Crippen molar-refractivity contribution in [2.75, 3.05) is 11.1 Å². The van der Waals surface area contributed by atoms with Crippen LogP contribution in [0.2, 0.25) is 0 Å². The summed E-state index contributed by atoms with van der Waals surface area (Å²) in [4.78, 5) is 56.9. The number of anilines is 2. The first-order valence-corrected chi connectivity index (χ1v) is 9.47. The van der Waals surface area contributed by atoms with Crippen LogP contribution >= 0.6 is 0 Å². The van der Waals surface area contributed by atoms with E-state index in [0.29, 0.717) is 16.6 Å². The number of fused-ring (bicyclic) bond motifs is 1. The van der Waals surface area contributed by atoms with Crippen molar-refractivity contribution in [1.29, 1.82) is 0 Å². The van der Waals surface area contributed by atoms with Crippen LogP contribution in [-0.4, -0.2) is 49.1 Å². The number of nitrogen functional groups attached to an aromatic ring is 1. The minimum atomic E-state index is -1.31. The number of pyridine rings is 1. The average molecular weight is 440 g/mol. The number of nitrogens with zero attached hydrogens (tertiary/aromatic N) is 2. The van der Waals surface area contributed by atoms with Gasteiger partial charge in [0.15, 0.2) is 5.65 Å². The fourth-order valence-corrected chi connectivity index (χ4v) is 2.99. The van der Waals surface area contributed by atoms with Crippen molar-refractivity contribution in [2.24, 2.45) is 0 Å². The maximum absolute atomic E-state index is 12.3. The lowest BCUT2D eigenvalue weighted by atomic mass is 10.1. The summed E-state index contributed by atoms with van der Waals surface area (Å²) in [6, 6.07) is 6.59. The number of H-pyrrole nitrogens is 1. The summed E-state index contributed by atoms with van der Waals surface area (Å²) >= 11 is 0. The number of rotatable bonds is 9. The zero-order valence-electron chi connectivity index (χ0n) is 16.7. The molecule has 3 rings (SSSR count). The second-order valence-electron chi connectivity index (χ2n) is 6.85. The van der Waals surface area contributed by atoms with Gasteiger partial charge < -0.3 is 26.6 Å². The van der Waals surface area contributed by atoms with Gasteiger partial charge in [-0.25, -0.2) is 9.78 Å². The Balaban J connectivity index is 1.67. The Morgan fingerprint density at radius 1 is 1.12 bits per heavy atom. The zero-order chi connectivity index (χ0) is 23.3. The van der Waals surface area contributed by atoms with Crippen molar-refractivity contribution in [3.63, 3.8) is 0 Å². The number of carbonyl (C=O) groups is 3. The first-order chi connectivity index (χ1) is 15.2. The van der Waals surface area contributed by atoms with Gasteiger partial charge in [0.25, 0.3) is 11.5 Å². The molecular weight excluding hydrogens is 420 g/mol. The standard InChI is InChI=1S/C20H20N6O6/c21-20-25-16-15(18(30)26-20)11(7-8-22-16)9-23-12-3-1-10(2-4-12)17(29)24-13(19(31)32)5-6-14(27)28/h1-4,7-8,13,23H,5-6,9H2,(H,24,29)(H,27,28)(H,31,32)(H3,21,22,25,26,30)/t13-/m0/s1. The highest BCUT2D eigenvalue weighted by molar-refractivity contribution is 5.97. The van der Waals surface area contributed by atoms with Gasteiger partial charge in [0.05, 0.1) is 5.39 Å². The molecule has 0 spiro atoms. The van der Waals surface area contributed by atoms with E-state index in [1.54, 1.807) is 18.2 Å². The number of hydrogen-bond acceptors (Lipinski definition) is 8. The van der Waals surface area contributed by atoms with Crippen LogP contribution in [0.4, 0.5) is 11.6 Å². The Morgan fingerprint density at radius 3 is 2.50 bits per heavy atom. The van der Waals surface area contributed by atoms with E-state index < -0.39 is 29.4 Å². The minimum absolute atomic E-state index is 0.0259. The lowest BCUT2D eigenvalue weighted by Gasteiger charge is -2.14. The molecule has 1 atom stereocenters. The number of amides is 1. The van der Waals surface area contributed by atoms with Crippen molar-refractivity contribution < 1.29 is 24.6 Å². The molecule has 1 amide bonds. The smallest absolute Gasteiger partial charge is 0.326 e. The molecule has 0 bridgehead atoms. The van der Waals surface area contributed by atoms with Gasteiger partial charge in [-0.15, -0.1) is 0 Å². The maximum Gasteiger partial charge on any atom is 0.326 e. The molecule has 166 valence electrons. The van der Waals surface area contributed by atoms with Gasteiger partial charge in [-0.1, -0.05) is 0 Å². The van der Waals surface area contributed by atoms with E-state index in [0.717, 1.165) is 0 Å². The highest BCUT2D eigenvalue weighted by Crippen LogP contribution is 2.15. The predicted octanol–water partition coefficient (Wildman–Crippen LogP) is 0.560. The van der Waals surface area contributed by atoms with E-state index in [-0.39, 0.29) is 36.5 Å². The van der Waals surface area contributed by atoms with Crippen molar-refractivity contribution in [3.05, 3.63) is 58.0 Å². The first kappa shape index (κ1) is 22.2. The Labute approximate surface area is 180 Å². The third kappa shape index (κ3) is 5.36. The van der Waals surface area contributed by atoms with Crippen LogP contribution in [0.1, 0.15) is 28.8 Å². The van der Waals surface area contributed by atoms with Gasteiger partial charge in [0, 0.05) is 30.4 Å². The summed E-state index contributed by atoms with van der Waals surface area (Å²) in [6.45, 7) is 0.273. The van der Waals surface area contributed by atoms with E-state index in [4.69, 9.17) is 15.9 Å². The van der Waals surface area contributed by atoms with Crippen LogP contribution in [0.5, 0.6) is 0 Å². The molecule has 0 saturated carbocycles. The average Bonchev–Trinajstić information content (AvgIpc) is 2.74. The topological polar surface area (TPSA) is 200 Å². The number of carbonyl (C=O) groups excluding carboxylic acids is 1. The Morgan fingerprint density at radius 2 is 1.84 bits per heavy atom. The van der Waals surface area contributed by atoms with E-state index in [2.05, 4.69) is 25.6 Å². The largest absolute Gasteiger partial charge is 0.481 e. The second-order valence-corrected chi connectivity index (χ2v) is 6.85. The quantitative estimate of drug-likeness (QED) is 0.273. The molecule has 0 aliphatic rings. The minimum Gasteiger partial charge on any atom is -0.481 e. The molecule has 3 aromatic rings. The molecule has 0 saturated heterocycles. The molecule has 0 aliphatic carbocycles. The van der Waals surface area contributed by atoms with Gasteiger partial charge in [0.2, 0.25) is 5.95 Å². The van der Waals surface area contributed by atoms with E-state index in [1.165, 1.54) is 18.3 Å². The SMILES string of the molecule is Nc1nc2nccc(CNc3ccc(C(=O)N[C@@H](CCC(=O)O)C(=O)O)cc3)c2c(=O)[nH]1. The van der Waals surface area contributed by atoms with Crippen LogP contribution in [-0.2, 0) is 16.1 Å². The number of aromatic amines is 1. The van der Waals surface area contributed by atoms with Crippen LogP contribution < -0.4 is 21.9 Å². The Hall–Kier alpha value is -4.48. The van der Waals surface area contributed by atoms with Gasteiger partial charge in [-0.3, -0.25) is 19.4 Å². The van der Waals surface area contributed by atoms with Crippen LogP contribution in [0, 0.1) is 0 Å². The van der Waals surface area contributed by atoms with Gasteiger partial charge in [-0.2, -0.15) is 4.98 Å². The summed E-state index contributed by atoms with van der Waals surface area (Å²) in [6.07, 6.45) is 0.909. The van der Waals surface area contributed by atoms with E-state index >= 15 is 0 Å². The highest BCUT2D eigenvalue weighted by Gasteiger charge is 2.21. The summed E-state index contributed by atoms with van der Waals surface area (Å²) < 4.78 is 0. The number of nitrogens with two attached hydrogens (primary N) is 1.